The molecule has 20 heavy (non-hydrogen) atoms. The molecule has 0 aliphatic carbocycles. The normalized spacial score (nSPS) is 12.7. The molecule has 0 fully saturated rings. The van der Waals surface area contributed by atoms with E-state index in [2.05, 4.69) is 10.1 Å². The van der Waals surface area contributed by atoms with Gasteiger partial charge < -0.3 is 14.4 Å². The smallest absolute Gasteiger partial charge is 0.264 e. The fourth-order valence-corrected chi connectivity index (χ4v) is 1.64. The van der Waals surface area contributed by atoms with Gasteiger partial charge in [0.05, 0.1) is 6.10 Å². The van der Waals surface area contributed by atoms with E-state index in [1.165, 1.54) is 19.1 Å². The van der Waals surface area contributed by atoms with E-state index in [1.54, 1.807) is 6.07 Å². The van der Waals surface area contributed by atoms with Gasteiger partial charge in [-0.3, -0.25) is 0 Å². The number of rotatable bonds is 5. The van der Waals surface area contributed by atoms with Crippen LogP contribution in [0.1, 0.15) is 50.1 Å². The second kappa shape index (κ2) is 6.00. The highest BCUT2D eigenvalue weighted by Crippen LogP contribution is 2.22. The molecule has 2 aromatic rings. The Morgan fingerprint density at radius 1 is 1.35 bits per heavy atom. The Kier molecular flexibility index (Phi) is 4.34. The molecule has 0 aliphatic rings. The lowest BCUT2D eigenvalue weighted by Gasteiger charge is -2.08. The highest BCUT2D eigenvalue weighted by Gasteiger charge is 2.12. The molecule has 0 saturated carbocycles. The molecule has 0 spiro atoms. The maximum absolute atomic E-state index is 13.6. The summed E-state index contributed by atoms with van der Waals surface area (Å²) in [7, 11) is 0. The lowest BCUT2D eigenvalue weighted by atomic mass is 10.1. The Morgan fingerprint density at radius 2 is 2.10 bits per heavy atom. The molecule has 0 bridgehead atoms. The van der Waals surface area contributed by atoms with Crippen LogP contribution in [0.2, 0.25) is 0 Å². The highest BCUT2D eigenvalue weighted by molar-refractivity contribution is 5.30. The molecule has 1 aromatic carbocycles. The van der Waals surface area contributed by atoms with Gasteiger partial charge in [0, 0.05) is 17.5 Å². The van der Waals surface area contributed by atoms with E-state index in [1.807, 2.05) is 13.8 Å². The van der Waals surface area contributed by atoms with Crippen LogP contribution in [0.4, 0.5) is 4.39 Å². The van der Waals surface area contributed by atoms with E-state index in [4.69, 9.17) is 9.26 Å². The van der Waals surface area contributed by atoms with Crippen LogP contribution in [0.25, 0.3) is 0 Å². The first kappa shape index (κ1) is 14.5. The van der Waals surface area contributed by atoms with Gasteiger partial charge in [-0.15, -0.1) is 0 Å². The summed E-state index contributed by atoms with van der Waals surface area (Å²) in [6.45, 7) is 5.50. The van der Waals surface area contributed by atoms with Gasteiger partial charge in [0.25, 0.3) is 5.89 Å². The van der Waals surface area contributed by atoms with Gasteiger partial charge in [-0.05, 0) is 19.1 Å². The van der Waals surface area contributed by atoms with Crippen molar-refractivity contribution in [2.24, 2.45) is 0 Å². The molecule has 108 valence electrons. The molecular weight excluding hydrogens is 263 g/mol. The van der Waals surface area contributed by atoms with Crippen LogP contribution in [0.5, 0.6) is 5.75 Å². The first-order valence-corrected chi connectivity index (χ1v) is 6.40. The van der Waals surface area contributed by atoms with Crippen LogP contribution in [-0.4, -0.2) is 15.2 Å². The minimum absolute atomic E-state index is 0.0766. The zero-order chi connectivity index (χ0) is 14.7. The molecule has 1 atom stereocenters. The third-order valence-corrected chi connectivity index (χ3v) is 2.78. The van der Waals surface area contributed by atoms with Crippen molar-refractivity contribution >= 4 is 0 Å². The molecule has 1 aromatic heterocycles. The van der Waals surface area contributed by atoms with Crippen molar-refractivity contribution in [2.75, 3.05) is 0 Å². The second-order valence-electron chi connectivity index (χ2n) is 4.85. The SMILES string of the molecule is CC(C)c1noc(COc2ccc([C@@H](C)O)c(F)c2)n1. The summed E-state index contributed by atoms with van der Waals surface area (Å²) < 4.78 is 24.0. The Labute approximate surface area is 116 Å². The van der Waals surface area contributed by atoms with Crippen molar-refractivity contribution < 1.29 is 18.8 Å². The third-order valence-electron chi connectivity index (χ3n) is 2.78. The predicted octanol–water partition coefficient (Wildman–Crippen LogP) is 2.96. The molecule has 5 nitrogen and oxygen atoms in total. The average molecular weight is 280 g/mol. The molecule has 1 N–H and O–H groups in total. The van der Waals surface area contributed by atoms with Crippen molar-refractivity contribution in [3.05, 3.63) is 41.3 Å². The van der Waals surface area contributed by atoms with Crippen molar-refractivity contribution in [3.63, 3.8) is 0 Å². The Morgan fingerprint density at radius 3 is 2.65 bits per heavy atom. The number of aliphatic hydroxyl groups excluding tert-OH is 1. The van der Waals surface area contributed by atoms with E-state index >= 15 is 0 Å². The van der Waals surface area contributed by atoms with E-state index in [-0.39, 0.29) is 18.1 Å². The molecular formula is C14H17FN2O3. The van der Waals surface area contributed by atoms with E-state index < -0.39 is 11.9 Å². The summed E-state index contributed by atoms with van der Waals surface area (Å²) in [5.74, 6) is 0.963. The van der Waals surface area contributed by atoms with Crippen LogP contribution in [-0.2, 0) is 6.61 Å². The zero-order valence-electron chi connectivity index (χ0n) is 11.6. The van der Waals surface area contributed by atoms with Gasteiger partial charge in [0.2, 0.25) is 0 Å². The van der Waals surface area contributed by atoms with Gasteiger partial charge in [-0.25, -0.2) is 4.39 Å². The first-order chi connectivity index (χ1) is 9.47. The summed E-state index contributed by atoms with van der Waals surface area (Å²) in [6, 6.07) is 4.30. The fraction of sp³-hybridized carbons (Fsp3) is 0.429. The van der Waals surface area contributed by atoms with Gasteiger partial charge >= 0.3 is 0 Å². The molecule has 0 amide bonds. The maximum atomic E-state index is 13.6. The minimum atomic E-state index is -0.853. The van der Waals surface area contributed by atoms with Crippen molar-refractivity contribution in [1.29, 1.82) is 0 Å². The summed E-state index contributed by atoms with van der Waals surface area (Å²) in [6.07, 6.45) is -0.853. The zero-order valence-corrected chi connectivity index (χ0v) is 11.6. The standard InChI is InChI=1S/C14H17FN2O3/c1-8(2)14-16-13(20-17-14)7-19-10-4-5-11(9(3)18)12(15)6-10/h4-6,8-9,18H,7H2,1-3H3/t9-/m1/s1. The average Bonchev–Trinajstić information content (AvgIpc) is 2.85. The van der Waals surface area contributed by atoms with Gasteiger partial charge in [-0.2, -0.15) is 4.98 Å². The molecule has 2 rings (SSSR count). The number of halogens is 1. The number of ether oxygens (including phenoxy) is 1. The van der Waals surface area contributed by atoms with Gasteiger partial charge in [0.1, 0.15) is 11.6 Å². The van der Waals surface area contributed by atoms with E-state index in [0.717, 1.165) is 0 Å². The van der Waals surface area contributed by atoms with Crippen molar-refractivity contribution in [1.82, 2.24) is 10.1 Å². The van der Waals surface area contributed by atoms with Crippen LogP contribution >= 0.6 is 0 Å². The van der Waals surface area contributed by atoms with Crippen molar-refractivity contribution in [2.45, 2.75) is 39.4 Å². The number of hydrogen-bond donors (Lipinski definition) is 1. The minimum Gasteiger partial charge on any atom is -0.484 e. The number of hydrogen-bond acceptors (Lipinski definition) is 5. The lowest BCUT2D eigenvalue weighted by Crippen LogP contribution is -2.00. The maximum Gasteiger partial charge on any atom is 0.264 e. The largest absolute Gasteiger partial charge is 0.484 e. The number of nitrogens with zero attached hydrogens (tertiary/aromatic N) is 2. The molecule has 0 aliphatic heterocycles. The van der Waals surface area contributed by atoms with Crippen LogP contribution < -0.4 is 4.74 Å². The molecule has 0 unspecified atom stereocenters. The lowest BCUT2D eigenvalue weighted by molar-refractivity contribution is 0.193. The highest BCUT2D eigenvalue weighted by atomic mass is 19.1. The number of aromatic nitrogens is 2. The fourth-order valence-electron chi connectivity index (χ4n) is 1.64. The molecule has 6 heteroatoms. The first-order valence-electron chi connectivity index (χ1n) is 6.40. The summed E-state index contributed by atoms with van der Waals surface area (Å²) in [5, 5.41) is 13.2. The molecule has 1 heterocycles. The Bertz CT molecular complexity index is 582. The summed E-state index contributed by atoms with van der Waals surface area (Å²) in [5.41, 5.74) is 0.234. The van der Waals surface area contributed by atoms with Crippen molar-refractivity contribution in [3.8, 4) is 5.75 Å². The third kappa shape index (κ3) is 3.33. The Hall–Kier alpha value is -1.95. The topological polar surface area (TPSA) is 68.4 Å². The van der Waals surface area contributed by atoms with Gasteiger partial charge in [0.15, 0.2) is 12.4 Å². The Balaban J connectivity index is 2.01. The quantitative estimate of drug-likeness (QED) is 0.912. The van der Waals surface area contributed by atoms with Crippen LogP contribution in [0, 0.1) is 5.82 Å². The number of benzene rings is 1. The van der Waals surface area contributed by atoms with Crippen LogP contribution in [0.15, 0.2) is 22.7 Å². The predicted molar refractivity (Wildman–Crippen MR) is 69.8 cm³/mol. The summed E-state index contributed by atoms with van der Waals surface area (Å²) in [4.78, 5) is 4.16. The van der Waals surface area contributed by atoms with Gasteiger partial charge in [-0.1, -0.05) is 19.0 Å². The van der Waals surface area contributed by atoms with E-state index in [0.29, 0.717) is 17.5 Å². The molecule has 0 radical (unpaired) electrons. The monoisotopic (exact) mass is 280 g/mol. The number of aliphatic hydroxyl groups is 1. The second-order valence-corrected chi connectivity index (χ2v) is 4.85. The molecule has 0 saturated heterocycles. The van der Waals surface area contributed by atoms with E-state index in [9.17, 15) is 9.50 Å². The van der Waals surface area contributed by atoms with Crippen LogP contribution in [0.3, 0.4) is 0 Å². The summed E-state index contributed by atoms with van der Waals surface area (Å²) >= 11 is 0.